The maximum absolute atomic E-state index is 13.5. The predicted molar refractivity (Wildman–Crippen MR) is 78.8 cm³/mol. The minimum absolute atomic E-state index is 0.139. The Morgan fingerprint density at radius 1 is 1.14 bits per heavy atom. The Kier molecular flexibility index (Phi) is 4.98. The van der Waals surface area contributed by atoms with Crippen LogP contribution in [0.15, 0.2) is 30.3 Å². The van der Waals surface area contributed by atoms with Gasteiger partial charge in [0.25, 0.3) is 5.91 Å². The third-order valence-electron chi connectivity index (χ3n) is 2.78. The van der Waals surface area contributed by atoms with Crippen molar-refractivity contribution in [2.75, 3.05) is 11.9 Å². The average molecular weight is 306 g/mol. The summed E-state index contributed by atoms with van der Waals surface area (Å²) >= 11 is 0. The largest absolute Gasteiger partial charge is 0.350 e. The Hall–Kier alpha value is -2.57. The minimum atomic E-state index is -0.736. The van der Waals surface area contributed by atoms with Crippen molar-refractivity contribution in [1.29, 1.82) is 0 Å². The van der Waals surface area contributed by atoms with Crippen LogP contribution in [0.3, 0.4) is 0 Å². The summed E-state index contributed by atoms with van der Waals surface area (Å²) < 4.78 is 27.0. The fourth-order valence-corrected chi connectivity index (χ4v) is 1.65. The monoisotopic (exact) mass is 306 g/mol. The molecule has 0 bridgehead atoms. The summed E-state index contributed by atoms with van der Waals surface area (Å²) in [4.78, 5) is 11.8. The van der Waals surface area contributed by atoms with Crippen molar-refractivity contribution in [3.8, 4) is 0 Å². The van der Waals surface area contributed by atoms with Crippen LogP contribution in [-0.2, 0) is 0 Å². The molecule has 0 aliphatic carbocycles. The number of rotatable bonds is 5. The molecule has 1 aromatic heterocycles. The number of anilines is 2. The van der Waals surface area contributed by atoms with Crippen LogP contribution >= 0.6 is 0 Å². The van der Waals surface area contributed by atoms with Gasteiger partial charge in [-0.1, -0.05) is 19.9 Å². The number of carbonyl (C=O) groups is 1. The first-order chi connectivity index (χ1) is 10.5. The first-order valence-electron chi connectivity index (χ1n) is 6.80. The number of hydrogen-bond donors (Lipinski definition) is 2. The molecular weight excluding hydrogens is 290 g/mol. The molecule has 0 spiro atoms. The van der Waals surface area contributed by atoms with E-state index in [9.17, 15) is 13.6 Å². The van der Waals surface area contributed by atoms with Crippen molar-refractivity contribution in [3.63, 3.8) is 0 Å². The summed E-state index contributed by atoms with van der Waals surface area (Å²) in [6.45, 7) is 4.48. The Bertz CT molecular complexity index is 639. The summed E-state index contributed by atoms with van der Waals surface area (Å²) in [5.74, 6) is -1.35. The lowest BCUT2D eigenvalue weighted by Crippen LogP contribution is -2.28. The second-order valence-corrected chi connectivity index (χ2v) is 5.13. The van der Waals surface area contributed by atoms with Gasteiger partial charge >= 0.3 is 0 Å². The van der Waals surface area contributed by atoms with Crippen molar-refractivity contribution in [1.82, 2.24) is 15.5 Å². The molecule has 0 fully saturated rings. The number of nitrogens with one attached hydrogen (secondary N) is 2. The third-order valence-corrected chi connectivity index (χ3v) is 2.78. The number of hydrogen-bond acceptors (Lipinski definition) is 4. The number of carbonyl (C=O) groups excluding carboxylic acids is 1. The maximum Gasteiger partial charge on any atom is 0.271 e. The molecule has 0 radical (unpaired) electrons. The van der Waals surface area contributed by atoms with E-state index in [4.69, 9.17) is 0 Å². The molecule has 22 heavy (non-hydrogen) atoms. The highest BCUT2D eigenvalue weighted by molar-refractivity contribution is 5.92. The molecule has 0 unspecified atom stereocenters. The van der Waals surface area contributed by atoms with Crippen LogP contribution in [0.4, 0.5) is 20.3 Å². The topological polar surface area (TPSA) is 66.9 Å². The fourth-order valence-electron chi connectivity index (χ4n) is 1.65. The lowest BCUT2D eigenvalue weighted by atomic mass is 10.2. The first kappa shape index (κ1) is 15.8. The number of amides is 1. The highest BCUT2D eigenvalue weighted by atomic mass is 19.1. The predicted octanol–water partition coefficient (Wildman–Crippen LogP) is 2.88. The Labute approximate surface area is 126 Å². The van der Waals surface area contributed by atoms with E-state index in [1.165, 1.54) is 18.2 Å². The van der Waals surface area contributed by atoms with Gasteiger partial charge in [0.05, 0.1) is 0 Å². The van der Waals surface area contributed by atoms with Crippen molar-refractivity contribution in [3.05, 3.63) is 47.7 Å². The highest BCUT2D eigenvalue weighted by Crippen LogP contribution is 2.21. The number of benzene rings is 1. The molecule has 0 atom stereocenters. The molecule has 1 heterocycles. The van der Waals surface area contributed by atoms with E-state index < -0.39 is 11.6 Å². The summed E-state index contributed by atoms with van der Waals surface area (Å²) in [5, 5.41) is 12.7. The van der Waals surface area contributed by atoms with Gasteiger partial charge in [-0.05, 0) is 30.2 Å². The number of aromatic nitrogens is 2. The van der Waals surface area contributed by atoms with Crippen LogP contribution < -0.4 is 10.6 Å². The zero-order valence-electron chi connectivity index (χ0n) is 12.2. The van der Waals surface area contributed by atoms with E-state index in [1.54, 1.807) is 0 Å². The van der Waals surface area contributed by atoms with Crippen LogP contribution in [0.5, 0.6) is 0 Å². The lowest BCUT2D eigenvalue weighted by Gasteiger charge is -2.09. The molecule has 7 heteroatoms. The van der Waals surface area contributed by atoms with Crippen LogP contribution in [0.1, 0.15) is 24.3 Å². The molecule has 2 aromatic rings. The van der Waals surface area contributed by atoms with E-state index in [1.807, 2.05) is 13.8 Å². The number of nitrogens with zero attached hydrogens (tertiary/aromatic N) is 2. The minimum Gasteiger partial charge on any atom is -0.350 e. The molecule has 0 saturated carbocycles. The van der Waals surface area contributed by atoms with Crippen LogP contribution in [0.2, 0.25) is 0 Å². The fraction of sp³-hybridized carbons (Fsp3) is 0.267. The normalized spacial score (nSPS) is 10.6. The van der Waals surface area contributed by atoms with E-state index in [-0.39, 0.29) is 23.1 Å². The number of para-hydroxylation sites is 1. The van der Waals surface area contributed by atoms with Gasteiger partial charge in [-0.25, -0.2) is 8.78 Å². The highest BCUT2D eigenvalue weighted by Gasteiger charge is 2.11. The Morgan fingerprint density at radius 3 is 2.36 bits per heavy atom. The SMILES string of the molecule is CC(C)CNC(=O)c1ccc(Nc2c(F)cccc2F)nn1. The summed E-state index contributed by atoms with van der Waals surface area (Å²) in [7, 11) is 0. The van der Waals surface area contributed by atoms with E-state index in [2.05, 4.69) is 20.8 Å². The van der Waals surface area contributed by atoms with Crippen molar-refractivity contribution in [2.45, 2.75) is 13.8 Å². The molecule has 0 saturated heterocycles. The van der Waals surface area contributed by atoms with Crippen LogP contribution in [0.25, 0.3) is 0 Å². The zero-order chi connectivity index (χ0) is 16.1. The molecule has 1 amide bonds. The molecule has 2 N–H and O–H groups in total. The molecule has 5 nitrogen and oxygen atoms in total. The van der Waals surface area contributed by atoms with Crippen molar-refractivity contribution >= 4 is 17.4 Å². The molecule has 0 aliphatic heterocycles. The van der Waals surface area contributed by atoms with Gasteiger partial charge in [-0.2, -0.15) is 0 Å². The van der Waals surface area contributed by atoms with E-state index in [0.717, 1.165) is 12.1 Å². The van der Waals surface area contributed by atoms with Crippen molar-refractivity contribution < 1.29 is 13.6 Å². The molecule has 1 aromatic carbocycles. The second kappa shape index (κ2) is 6.93. The summed E-state index contributed by atoms with van der Waals surface area (Å²) in [6, 6.07) is 6.40. The smallest absolute Gasteiger partial charge is 0.271 e. The average Bonchev–Trinajstić information content (AvgIpc) is 2.49. The van der Waals surface area contributed by atoms with Crippen LogP contribution in [-0.4, -0.2) is 22.6 Å². The van der Waals surface area contributed by atoms with Gasteiger partial charge in [-0.15, -0.1) is 10.2 Å². The molecule has 0 aliphatic rings. The quantitative estimate of drug-likeness (QED) is 0.891. The van der Waals surface area contributed by atoms with Crippen molar-refractivity contribution in [2.24, 2.45) is 5.92 Å². The summed E-state index contributed by atoms with van der Waals surface area (Å²) in [5.41, 5.74) is -0.172. The standard InChI is InChI=1S/C15H16F2N4O/c1-9(2)8-18-15(22)12-6-7-13(21-20-12)19-14-10(16)4-3-5-11(14)17/h3-7,9H,8H2,1-2H3,(H,18,22)(H,19,21). The van der Waals surface area contributed by atoms with Gasteiger partial charge in [0.15, 0.2) is 11.5 Å². The Morgan fingerprint density at radius 2 is 1.82 bits per heavy atom. The summed E-state index contributed by atoms with van der Waals surface area (Å²) in [6.07, 6.45) is 0. The van der Waals surface area contributed by atoms with Gasteiger partial charge in [0, 0.05) is 6.54 Å². The molecule has 2 rings (SSSR count). The third kappa shape index (κ3) is 3.97. The van der Waals surface area contributed by atoms with Gasteiger partial charge in [0.2, 0.25) is 0 Å². The number of halogens is 2. The van der Waals surface area contributed by atoms with E-state index >= 15 is 0 Å². The molecule has 116 valence electrons. The van der Waals surface area contributed by atoms with Gasteiger partial charge in [0.1, 0.15) is 17.3 Å². The lowest BCUT2D eigenvalue weighted by molar-refractivity contribution is 0.0943. The van der Waals surface area contributed by atoms with E-state index in [0.29, 0.717) is 12.5 Å². The zero-order valence-corrected chi connectivity index (χ0v) is 12.2. The van der Waals surface area contributed by atoms with Gasteiger partial charge in [-0.3, -0.25) is 4.79 Å². The maximum atomic E-state index is 13.5. The van der Waals surface area contributed by atoms with Crippen LogP contribution in [0, 0.1) is 17.6 Å². The Balaban J connectivity index is 2.08. The van der Waals surface area contributed by atoms with Gasteiger partial charge < -0.3 is 10.6 Å². The second-order valence-electron chi connectivity index (χ2n) is 5.13. The molecular formula is C15H16F2N4O. The first-order valence-corrected chi connectivity index (χ1v) is 6.80.